The van der Waals surface area contributed by atoms with E-state index in [9.17, 15) is 0 Å². The molecule has 0 saturated heterocycles. The Labute approximate surface area is 118 Å². The van der Waals surface area contributed by atoms with E-state index in [4.69, 9.17) is 5.84 Å². The number of aryl methyl sites for hydroxylation is 3. The third kappa shape index (κ3) is 3.24. The van der Waals surface area contributed by atoms with Gasteiger partial charge in [-0.1, -0.05) is 13.8 Å². The number of hydrazine groups is 1. The van der Waals surface area contributed by atoms with Crippen LogP contribution < -0.4 is 16.6 Å². The number of nitrogens with zero attached hydrogens (tertiary/aromatic N) is 4. The fourth-order valence-corrected chi connectivity index (χ4v) is 2.01. The first kappa shape index (κ1) is 14.3. The maximum atomic E-state index is 5.45. The average Bonchev–Trinajstić information content (AvgIpc) is 2.78. The van der Waals surface area contributed by atoms with Crippen molar-refractivity contribution in [2.24, 2.45) is 12.9 Å². The molecule has 0 aliphatic heterocycles. The third-order valence-corrected chi connectivity index (χ3v) is 2.90. The van der Waals surface area contributed by atoms with E-state index in [1.165, 1.54) is 0 Å². The summed E-state index contributed by atoms with van der Waals surface area (Å²) in [5.41, 5.74) is 4.54. The van der Waals surface area contributed by atoms with Crippen molar-refractivity contribution in [1.29, 1.82) is 0 Å². The van der Waals surface area contributed by atoms with Crippen molar-refractivity contribution < 1.29 is 0 Å². The Kier molecular flexibility index (Phi) is 4.52. The highest BCUT2D eigenvalue weighted by Gasteiger charge is 2.09. The third-order valence-electron chi connectivity index (χ3n) is 2.90. The number of hydrogen-bond acceptors (Lipinski definition) is 6. The SMILES string of the molecule is CCCc1nc(NN)cc(Nc2cn(C)nc2CC)n1. The normalized spacial score (nSPS) is 10.6. The second kappa shape index (κ2) is 6.33. The zero-order valence-corrected chi connectivity index (χ0v) is 12.1. The molecule has 2 aromatic heterocycles. The molecule has 0 unspecified atom stereocenters. The first-order chi connectivity index (χ1) is 9.66. The van der Waals surface area contributed by atoms with Gasteiger partial charge in [-0.25, -0.2) is 15.8 Å². The van der Waals surface area contributed by atoms with E-state index in [1.54, 1.807) is 10.7 Å². The van der Waals surface area contributed by atoms with Crippen LogP contribution in [0.3, 0.4) is 0 Å². The molecule has 0 saturated carbocycles. The molecule has 0 spiro atoms. The Morgan fingerprint density at radius 2 is 2.00 bits per heavy atom. The van der Waals surface area contributed by atoms with Crippen LogP contribution >= 0.6 is 0 Å². The predicted octanol–water partition coefficient (Wildman–Crippen LogP) is 1.75. The van der Waals surface area contributed by atoms with Gasteiger partial charge in [-0.05, 0) is 12.8 Å². The molecule has 0 aromatic carbocycles. The average molecular weight is 275 g/mol. The highest BCUT2D eigenvalue weighted by molar-refractivity contribution is 5.60. The van der Waals surface area contributed by atoms with Gasteiger partial charge in [0.1, 0.15) is 17.5 Å². The molecule has 2 heterocycles. The molecular weight excluding hydrogens is 254 g/mol. The van der Waals surface area contributed by atoms with Gasteiger partial charge >= 0.3 is 0 Å². The maximum absolute atomic E-state index is 5.45. The fourth-order valence-electron chi connectivity index (χ4n) is 2.01. The van der Waals surface area contributed by atoms with Crippen LogP contribution in [0.4, 0.5) is 17.3 Å². The summed E-state index contributed by atoms with van der Waals surface area (Å²) in [6.45, 7) is 4.16. The zero-order valence-electron chi connectivity index (χ0n) is 12.1. The van der Waals surface area contributed by atoms with Crippen molar-refractivity contribution in [1.82, 2.24) is 19.7 Å². The topological polar surface area (TPSA) is 93.7 Å². The van der Waals surface area contributed by atoms with Crippen LogP contribution in [0.1, 0.15) is 31.8 Å². The van der Waals surface area contributed by atoms with Crippen LogP contribution in [0.5, 0.6) is 0 Å². The lowest BCUT2D eigenvalue weighted by atomic mass is 10.3. The first-order valence-electron chi connectivity index (χ1n) is 6.80. The molecule has 20 heavy (non-hydrogen) atoms. The van der Waals surface area contributed by atoms with Crippen molar-refractivity contribution in [2.45, 2.75) is 33.1 Å². The smallest absolute Gasteiger partial charge is 0.145 e. The predicted molar refractivity (Wildman–Crippen MR) is 79.7 cm³/mol. The number of nitrogens with one attached hydrogen (secondary N) is 2. The van der Waals surface area contributed by atoms with Gasteiger partial charge in [0, 0.05) is 25.7 Å². The molecule has 0 amide bonds. The summed E-state index contributed by atoms with van der Waals surface area (Å²) in [5.74, 6) is 7.55. The summed E-state index contributed by atoms with van der Waals surface area (Å²) in [4.78, 5) is 8.82. The molecule has 0 fully saturated rings. The van der Waals surface area contributed by atoms with Crippen molar-refractivity contribution in [3.8, 4) is 0 Å². The molecule has 4 N–H and O–H groups in total. The van der Waals surface area contributed by atoms with E-state index in [1.807, 2.05) is 13.2 Å². The van der Waals surface area contributed by atoms with Crippen molar-refractivity contribution >= 4 is 17.3 Å². The minimum absolute atomic E-state index is 0.605. The molecule has 7 heteroatoms. The van der Waals surface area contributed by atoms with Crippen LogP contribution in [-0.4, -0.2) is 19.7 Å². The van der Waals surface area contributed by atoms with Gasteiger partial charge in [-0.2, -0.15) is 5.10 Å². The molecule has 108 valence electrons. The van der Waals surface area contributed by atoms with E-state index in [-0.39, 0.29) is 0 Å². The number of anilines is 3. The van der Waals surface area contributed by atoms with Crippen LogP contribution in [0.25, 0.3) is 0 Å². The van der Waals surface area contributed by atoms with Gasteiger partial charge in [0.2, 0.25) is 0 Å². The standard InChI is InChI=1S/C13H21N7/c1-4-6-11-16-12(7-13(17-11)18-14)15-10-8-20(3)19-9(10)5-2/h7-8H,4-6,14H2,1-3H3,(H2,15,16,17,18). The van der Waals surface area contributed by atoms with Gasteiger partial charge in [0.15, 0.2) is 0 Å². The second-order valence-corrected chi connectivity index (χ2v) is 4.59. The summed E-state index contributed by atoms with van der Waals surface area (Å²) in [5, 5.41) is 7.68. The molecule has 0 aliphatic carbocycles. The van der Waals surface area contributed by atoms with Gasteiger partial charge < -0.3 is 10.7 Å². The summed E-state index contributed by atoms with van der Waals surface area (Å²) >= 11 is 0. The molecule has 0 radical (unpaired) electrons. The minimum Gasteiger partial charge on any atom is -0.337 e. The van der Waals surface area contributed by atoms with Gasteiger partial charge in [0.05, 0.1) is 11.4 Å². The molecular formula is C13H21N7. The quantitative estimate of drug-likeness (QED) is 0.549. The second-order valence-electron chi connectivity index (χ2n) is 4.59. The summed E-state index contributed by atoms with van der Waals surface area (Å²) in [6.07, 6.45) is 4.60. The van der Waals surface area contributed by atoms with Crippen LogP contribution in [0.2, 0.25) is 0 Å². The minimum atomic E-state index is 0.605. The van der Waals surface area contributed by atoms with Gasteiger partial charge in [0.25, 0.3) is 0 Å². The van der Waals surface area contributed by atoms with E-state index in [2.05, 4.69) is 39.7 Å². The molecule has 0 aliphatic rings. The largest absolute Gasteiger partial charge is 0.337 e. The first-order valence-corrected chi connectivity index (χ1v) is 6.80. The Hall–Kier alpha value is -2.15. The monoisotopic (exact) mass is 275 g/mol. The maximum Gasteiger partial charge on any atom is 0.145 e. The molecule has 2 rings (SSSR count). The lowest BCUT2D eigenvalue weighted by Gasteiger charge is -2.09. The van der Waals surface area contributed by atoms with Crippen LogP contribution in [0.15, 0.2) is 12.3 Å². The summed E-state index contributed by atoms with van der Waals surface area (Å²) in [6, 6.07) is 1.78. The van der Waals surface area contributed by atoms with E-state index in [0.29, 0.717) is 5.82 Å². The Morgan fingerprint density at radius 3 is 2.65 bits per heavy atom. The zero-order chi connectivity index (χ0) is 14.5. The lowest BCUT2D eigenvalue weighted by molar-refractivity contribution is 0.746. The summed E-state index contributed by atoms with van der Waals surface area (Å²) < 4.78 is 1.79. The Morgan fingerprint density at radius 1 is 1.25 bits per heavy atom. The van der Waals surface area contributed by atoms with Crippen LogP contribution in [0, 0.1) is 0 Å². The fraction of sp³-hybridized carbons (Fsp3) is 0.462. The van der Waals surface area contributed by atoms with Crippen LogP contribution in [-0.2, 0) is 19.9 Å². The van der Waals surface area contributed by atoms with E-state index >= 15 is 0 Å². The van der Waals surface area contributed by atoms with Gasteiger partial charge in [-0.15, -0.1) is 0 Å². The Bertz CT molecular complexity index is 576. The molecule has 2 aromatic rings. The lowest BCUT2D eigenvalue weighted by Crippen LogP contribution is -2.11. The summed E-state index contributed by atoms with van der Waals surface area (Å²) in [7, 11) is 1.90. The molecule has 7 nitrogen and oxygen atoms in total. The van der Waals surface area contributed by atoms with E-state index < -0.39 is 0 Å². The number of nitrogen functional groups attached to an aromatic ring is 1. The van der Waals surface area contributed by atoms with Crippen molar-refractivity contribution in [3.05, 3.63) is 23.8 Å². The number of aromatic nitrogens is 4. The van der Waals surface area contributed by atoms with Crippen molar-refractivity contribution in [3.63, 3.8) is 0 Å². The molecule has 0 bridgehead atoms. The number of nitrogens with two attached hydrogens (primary N) is 1. The van der Waals surface area contributed by atoms with Gasteiger partial charge in [-0.3, -0.25) is 4.68 Å². The van der Waals surface area contributed by atoms with Crippen molar-refractivity contribution in [2.75, 3.05) is 10.7 Å². The molecule has 0 atom stereocenters. The Balaban J connectivity index is 2.29. The van der Waals surface area contributed by atoms with E-state index in [0.717, 1.165) is 42.3 Å². The highest BCUT2D eigenvalue weighted by Crippen LogP contribution is 2.20. The number of hydrogen-bond donors (Lipinski definition) is 3. The highest BCUT2D eigenvalue weighted by atomic mass is 15.3. The number of rotatable bonds is 6.